The van der Waals surface area contributed by atoms with Crippen molar-refractivity contribution in [2.75, 3.05) is 0 Å². The van der Waals surface area contributed by atoms with Crippen molar-refractivity contribution in [2.45, 2.75) is 45.8 Å². The number of rotatable bonds is 6. The molecule has 2 heteroatoms. The van der Waals surface area contributed by atoms with Gasteiger partial charge in [0.25, 0.3) is 0 Å². The van der Waals surface area contributed by atoms with Gasteiger partial charge in [0.05, 0.1) is 12.2 Å². The van der Waals surface area contributed by atoms with Crippen LogP contribution in [-0.2, 0) is 12.8 Å². The summed E-state index contributed by atoms with van der Waals surface area (Å²) >= 11 is 0. The zero-order valence-electron chi connectivity index (χ0n) is 13.0. The highest BCUT2D eigenvalue weighted by Gasteiger charge is 2.10. The minimum atomic E-state index is -0.506. The van der Waals surface area contributed by atoms with E-state index >= 15 is 0 Å². The van der Waals surface area contributed by atoms with Crippen LogP contribution in [0.3, 0.4) is 0 Å². The van der Waals surface area contributed by atoms with E-state index in [0.29, 0.717) is 6.42 Å². The largest absolute Gasteiger partial charge is 0.491 e. The first-order chi connectivity index (χ1) is 10.1. The Morgan fingerprint density at radius 2 is 1.67 bits per heavy atom. The number of hydrogen-bond acceptors (Lipinski definition) is 2. The Bertz CT molecular complexity index is 558. The Morgan fingerprint density at radius 1 is 1.00 bits per heavy atom. The van der Waals surface area contributed by atoms with Crippen molar-refractivity contribution in [3.8, 4) is 5.75 Å². The van der Waals surface area contributed by atoms with Crippen LogP contribution in [0.15, 0.2) is 48.5 Å². The third-order valence-corrected chi connectivity index (χ3v) is 3.47. The van der Waals surface area contributed by atoms with E-state index in [4.69, 9.17) is 4.74 Å². The Kier molecular flexibility index (Phi) is 5.40. The smallest absolute Gasteiger partial charge is 0.120 e. The molecule has 1 atom stereocenters. The number of benzene rings is 2. The molecule has 1 N–H and O–H groups in total. The van der Waals surface area contributed by atoms with E-state index in [-0.39, 0.29) is 6.10 Å². The second kappa shape index (κ2) is 7.28. The third kappa shape index (κ3) is 4.61. The summed E-state index contributed by atoms with van der Waals surface area (Å²) in [7, 11) is 0. The number of aliphatic hydroxyl groups is 1. The molecule has 1 unspecified atom stereocenters. The third-order valence-electron chi connectivity index (χ3n) is 3.47. The van der Waals surface area contributed by atoms with Crippen LogP contribution in [0.1, 0.15) is 43.6 Å². The minimum absolute atomic E-state index is 0.138. The van der Waals surface area contributed by atoms with Gasteiger partial charge in [-0.2, -0.15) is 0 Å². The molecule has 2 aromatic rings. The van der Waals surface area contributed by atoms with E-state index in [1.807, 2.05) is 38.1 Å². The van der Waals surface area contributed by atoms with Gasteiger partial charge in [0.2, 0.25) is 0 Å². The topological polar surface area (TPSA) is 29.5 Å². The first-order valence-electron chi connectivity index (χ1n) is 7.61. The highest BCUT2D eigenvalue weighted by Crippen LogP contribution is 2.23. The Labute approximate surface area is 127 Å². The summed E-state index contributed by atoms with van der Waals surface area (Å²) in [5, 5.41) is 10.4. The number of hydrogen-bond donors (Lipinski definition) is 1. The predicted octanol–water partition coefficient (Wildman–Crippen LogP) is 4.31. The highest BCUT2D eigenvalue weighted by atomic mass is 16.5. The van der Waals surface area contributed by atoms with Crippen molar-refractivity contribution in [1.29, 1.82) is 0 Å². The van der Waals surface area contributed by atoms with Crippen molar-refractivity contribution in [2.24, 2.45) is 0 Å². The van der Waals surface area contributed by atoms with Gasteiger partial charge in [-0.05, 0) is 49.1 Å². The summed E-state index contributed by atoms with van der Waals surface area (Å²) < 4.78 is 5.67. The second-order valence-corrected chi connectivity index (χ2v) is 5.63. The molecule has 0 aromatic heterocycles. The average Bonchev–Trinajstić information content (AvgIpc) is 2.47. The van der Waals surface area contributed by atoms with Gasteiger partial charge in [0, 0.05) is 6.42 Å². The molecule has 0 saturated carbocycles. The molecule has 112 valence electrons. The van der Waals surface area contributed by atoms with Crippen LogP contribution in [0.25, 0.3) is 0 Å². The van der Waals surface area contributed by atoms with Gasteiger partial charge in [0.1, 0.15) is 5.75 Å². The lowest BCUT2D eigenvalue weighted by atomic mass is 10.00. The molecule has 0 fully saturated rings. The molecule has 2 rings (SSSR count). The molecular formula is C19H24O2. The highest BCUT2D eigenvalue weighted by molar-refractivity contribution is 5.31. The molecule has 21 heavy (non-hydrogen) atoms. The van der Waals surface area contributed by atoms with Crippen LogP contribution in [0, 0.1) is 0 Å². The fourth-order valence-electron chi connectivity index (χ4n) is 2.32. The minimum Gasteiger partial charge on any atom is -0.491 e. The van der Waals surface area contributed by atoms with E-state index in [0.717, 1.165) is 23.3 Å². The fourth-order valence-corrected chi connectivity index (χ4v) is 2.32. The first kappa shape index (κ1) is 15.6. The van der Waals surface area contributed by atoms with Crippen LogP contribution in [0.5, 0.6) is 5.75 Å². The summed E-state index contributed by atoms with van der Waals surface area (Å²) in [6.07, 6.45) is 1.29. The molecule has 0 spiro atoms. The number of ether oxygens (including phenoxy) is 1. The van der Waals surface area contributed by atoms with Crippen molar-refractivity contribution < 1.29 is 9.84 Å². The van der Waals surface area contributed by atoms with Crippen LogP contribution < -0.4 is 4.74 Å². The summed E-state index contributed by atoms with van der Waals surface area (Å²) in [6.45, 7) is 6.14. The maximum absolute atomic E-state index is 10.4. The lowest BCUT2D eigenvalue weighted by Crippen LogP contribution is -2.07. The molecule has 0 heterocycles. The van der Waals surface area contributed by atoms with Gasteiger partial charge in [-0.15, -0.1) is 0 Å². The zero-order valence-corrected chi connectivity index (χ0v) is 13.0. The van der Waals surface area contributed by atoms with Gasteiger partial charge in [-0.25, -0.2) is 0 Å². The van der Waals surface area contributed by atoms with Crippen molar-refractivity contribution in [3.63, 3.8) is 0 Å². The van der Waals surface area contributed by atoms with Crippen LogP contribution >= 0.6 is 0 Å². The number of aryl methyl sites for hydroxylation is 1. The Morgan fingerprint density at radius 3 is 2.29 bits per heavy atom. The zero-order chi connectivity index (χ0) is 15.2. The monoisotopic (exact) mass is 284 g/mol. The lowest BCUT2D eigenvalue weighted by molar-refractivity contribution is 0.177. The SMILES string of the molecule is CCc1ccc(CC(O)c2cccc(OC(C)C)c2)cc1. The van der Waals surface area contributed by atoms with E-state index in [1.54, 1.807) is 0 Å². The maximum Gasteiger partial charge on any atom is 0.120 e. The van der Waals surface area contributed by atoms with Gasteiger partial charge in [0.15, 0.2) is 0 Å². The van der Waals surface area contributed by atoms with Gasteiger partial charge in [-0.3, -0.25) is 0 Å². The molecule has 0 saturated heterocycles. The molecular weight excluding hydrogens is 260 g/mol. The standard InChI is InChI=1S/C19H24O2/c1-4-15-8-10-16(11-9-15)12-19(20)17-6-5-7-18(13-17)21-14(2)3/h5-11,13-14,19-20H,4,12H2,1-3H3. The van der Waals surface area contributed by atoms with E-state index in [9.17, 15) is 5.11 Å². The second-order valence-electron chi connectivity index (χ2n) is 5.63. The average molecular weight is 284 g/mol. The van der Waals surface area contributed by atoms with E-state index < -0.39 is 6.10 Å². The van der Waals surface area contributed by atoms with Gasteiger partial charge >= 0.3 is 0 Å². The summed E-state index contributed by atoms with van der Waals surface area (Å²) in [6, 6.07) is 16.2. The van der Waals surface area contributed by atoms with Crippen LogP contribution in [0.4, 0.5) is 0 Å². The molecule has 0 aliphatic heterocycles. The van der Waals surface area contributed by atoms with Gasteiger partial charge < -0.3 is 9.84 Å². The number of aliphatic hydroxyl groups excluding tert-OH is 1. The molecule has 0 aliphatic rings. The quantitative estimate of drug-likeness (QED) is 0.856. The first-order valence-corrected chi connectivity index (χ1v) is 7.61. The molecule has 0 radical (unpaired) electrons. The predicted molar refractivity (Wildman–Crippen MR) is 86.7 cm³/mol. The fraction of sp³-hybridized carbons (Fsp3) is 0.368. The maximum atomic E-state index is 10.4. The lowest BCUT2D eigenvalue weighted by Gasteiger charge is -2.14. The normalized spacial score (nSPS) is 12.4. The van der Waals surface area contributed by atoms with Crippen molar-refractivity contribution >= 4 is 0 Å². The molecule has 2 nitrogen and oxygen atoms in total. The molecule has 0 amide bonds. The van der Waals surface area contributed by atoms with Crippen LogP contribution in [0.2, 0.25) is 0 Å². The summed E-state index contributed by atoms with van der Waals surface area (Å²) in [5.41, 5.74) is 3.36. The van der Waals surface area contributed by atoms with E-state index in [1.165, 1.54) is 5.56 Å². The summed E-state index contributed by atoms with van der Waals surface area (Å²) in [5.74, 6) is 0.808. The molecule has 0 aliphatic carbocycles. The van der Waals surface area contributed by atoms with Crippen LogP contribution in [-0.4, -0.2) is 11.2 Å². The molecule has 2 aromatic carbocycles. The van der Waals surface area contributed by atoms with Crippen molar-refractivity contribution in [1.82, 2.24) is 0 Å². The Balaban J connectivity index is 2.06. The summed E-state index contributed by atoms with van der Waals surface area (Å²) in [4.78, 5) is 0. The van der Waals surface area contributed by atoms with E-state index in [2.05, 4.69) is 31.2 Å². The van der Waals surface area contributed by atoms with Crippen molar-refractivity contribution in [3.05, 3.63) is 65.2 Å². The molecule has 0 bridgehead atoms. The van der Waals surface area contributed by atoms with Gasteiger partial charge in [-0.1, -0.05) is 43.3 Å². The Hall–Kier alpha value is -1.80.